The van der Waals surface area contributed by atoms with Gasteiger partial charge >= 0.3 is 24.0 Å². The number of hydrogen-bond acceptors (Lipinski definition) is 13. The number of amides is 4. The molecule has 0 saturated heterocycles. The average Bonchev–Trinajstić information content (AvgIpc) is 3.78. The molecule has 0 aliphatic heterocycles. The van der Waals surface area contributed by atoms with E-state index in [2.05, 4.69) is 21.3 Å². The van der Waals surface area contributed by atoms with E-state index in [-0.39, 0.29) is 25.9 Å². The summed E-state index contributed by atoms with van der Waals surface area (Å²) in [4.78, 5) is 93.4. The Morgan fingerprint density at radius 3 is 1.83 bits per heavy atom. The van der Waals surface area contributed by atoms with Crippen molar-refractivity contribution in [3.63, 3.8) is 0 Å². The van der Waals surface area contributed by atoms with Gasteiger partial charge in [-0.2, -0.15) is 0 Å². The quantitative estimate of drug-likeness (QED) is 0.122. The Labute approximate surface area is 347 Å². The van der Waals surface area contributed by atoms with Crippen molar-refractivity contribution in [2.45, 2.75) is 149 Å². The predicted octanol–water partition coefficient (Wildman–Crippen LogP) is 3.54. The van der Waals surface area contributed by atoms with Crippen LogP contribution in [0, 0.1) is 11.8 Å². The summed E-state index contributed by atoms with van der Waals surface area (Å²) in [6.45, 7) is 17.9. The monoisotopic (exact) mass is 850 g/mol. The second kappa shape index (κ2) is 20.3. The molecule has 4 N–H and O–H groups in total. The molecule has 2 rings (SSSR count). The second-order valence-electron chi connectivity index (χ2n) is 17.9. The van der Waals surface area contributed by atoms with Crippen molar-refractivity contribution in [1.29, 1.82) is 0 Å². The Balaban J connectivity index is 2.42. The molecule has 5 atom stereocenters. The van der Waals surface area contributed by atoms with Crippen LogP contribution in [0.2, 0.25) is 0 Å². The van der Waals surface area contributed by atoms with Crippen molar-refractivity contribution in [2.75, 3.05) is 6.26 Å². The molecule has 1 saturated carbocycles. The molecule has 59 heavy (non-hydrogen) atoms. The fourth-order valence-electron chi connectivity index (χ4n) is 5.51. The van der Waals surface area contributed by atoms with Crippen molar-refractivity contribution in [3.8, 4) is 0 Å². The number of hydrogen-bond donors (Lipinski definition) is 4. The lowest BCUT2D eigenvalue weighted by atomic mass is 10.0. The van der Waals surface area contributed by atoms with Crippen LogP contribution in [-0.4, -0.2) is 96.9 Å². The van der Waals surface area contributed by atoms with Crippen molar-refractivity contribution < 1.29 is 60.9 Å². The Morgan fingerprint density at radius 1 is 0.763 bits per heavy atom. The van der Waals surface area contributed by atoms with Gasteiger partial charge in [-0.3, -0.25) is 28.8 Å². The van der Waals surface area contributed by atoms with Gasteiger partial charge in [0.05, 0.1) is 17.9 Å². The largest absolute Gasteiger partial charge is 0.460 e. The standard InChI is InChI=1S/C41H62N4O13S/c1-25(2)32(35(50)45-41(20-21-59(12,53)54)23-27(41)36(51)58-40(9,10)11)44-33(48)28(18-19-30(46)56-38(3,4)5)42-34(49)29(22-31(47)57-39(6,7)8)43-37(52)55-24-26-16-14-13-15-17-26/h13-17,20-21,25,27-29,32H,18-19,22-24H2,1-12H3,(H,42,49)(H,43,52)(H,44,48)(H,45,50)/b21-20+/t27?,28-,29-,32-,41?/m0/s1. The maximum atomic E-state index is 14.0. The first kappa shape index (κ1) is 50.1. The SMILES string of the molecule is CC(C)[C@H](NC(=O)[C@H](CCC(=O)OC(C)(C)C)NC(=O)[C@H](CC(=O)OC(C)(C)C)NC(=O)OCc1ccccc1)C(=O)NC1(/C=C/S(C)(=O)=O)CC1C(=O)OC(C)(C)C. The van der Waals surface area contributed by atoms with Crippen LogP contribution in [0.1, 0.15) is 107 Å². The summed E-state index contributed by atoms with van der Waals surface area (Å²) in [7, 11) is -3.68. The minimum atomic E-state index is -3.68. The van der Waals surface area contributed by atoms with Gasteiger partial charge in [0.1, 0.15) is 41.5 Å². The fourth-order valence-corrected chi connectivity index (χ4v) is 6.00. The molecular formula is C41H62N4O13S. The van der Waals surface area contributed by atoms with Crippen LogP contribution < -0.4 is 21.3 Å². The van der Waals surface area contributed by atoms with E-state index >= 15 is 0 Å². The Hall–Kier alpha value is -5.00. The van der Waals surface area contributed by atoms with Crippen LogP contribution in [0.4, 0.5) is 4.79 Å². The highest BCUT2D eigenvalue weighted by molar-refractivity contribution is 7.93. The second-order valence-corrected chi connectivity index (χ2v) is 19.8. The van der Waals surface area contributed by atoms with Gasteiger partial charge in [-0.1, -0.05) is 44.2 Å². The molecule has 1 aromatic rings. The number of esters is 3. The van der Waals surface area contributed by atoms with Crippen LogP contribution >= 0.6 is 0 Å². The molecule has 0 bridgehead atoms. The Kier molecular flexibility index (Phi) is 17.3. The lowest BCUT2D eigenvalue weighted by Crippen LogP contribution is -2.59. The van der Waals surface area contributed by atoms with Crippen LogP contribution in [0.3, 0.4) is 0 Å². The van der Waals surface area contributed by atoms with Crippen molar-refractivity contribution in [3.05, 3.63) is 47.4 Å². The van der Waals surface area contributed by atoms with Gasteiger partial charge in [0.25, 0.3) is 0 Å². The minimum Gasteiger partial charge on any atom is -0.460 e. The number of alkyl carbamates (subject to hydrolysis) is 1. The number of ether oxygens (including phenoxy) is 4. The summed E-state index contributed by atoms with van der Waals surface area (Å²) in [5, 5.41) is 11.1. The van der Waals surface area contributed by atoms with E-state index in [4.69, 9.17) is 18.9 Å². The number of nitrogens with one attached hydrogen (secondary N) is 4. The van der Waals surface area contributed by atoms with Gasteiger partial charge in [0.15, 0.2) is 9.84 Å². The summed E-state index contributed by atoms with van der Waals surface area (Å²) in [6.07, 6.45) is -0.232. The van der Waals surface area contributed by atoms with Gasteiger partial charge in [-0.25, -0.2) is 13.2 Å². The number of rotatable bonds is 18. The Bertz CT molecular complexity index is 1830. The van der Waals surface area contributed by atoms with E-state index in [0.29, 0.717) is 5.56 Å². The smallest absolute Gasteiger partial charge is 0.408 e. The van der Waals surface area contributed by atoms with Gasteiger partial charge in [-0.05, 0) is 92.7 Å². The first-order chi connectivity index (χ1) is 26.9. The molecule has 0 spiro atoms. The molecule has 1 fully saturated rings. The Morgan fingerprint density at radius 2 is 1.31 bits per heavy atom. The van der Waals surface area contributed by atoms with E-state index in [0.717, 1.165) is 11.7 Å². The number of sulfone groups is 1. The molecule has 1 aliphatic carbocycles. The summed E-state index contributed by atoms with van der Waals surface area (Å²) < 4.78 is 45.6. The van der Waals surface area contributed by atoms with E-state index in [1.54, 1.807) is 106 Å². The van der Waals surface area contributed by atoms with Crippen molar-refractivity contribution in [2.24, 2.45) is 11.8 Å². The summed E-state index contributed by atoms with van der Waals surface area (Å²) >= 11 is 0. The highest BCUT2D eigenvalue weighted by atomic mass is 32.2. The normalized spacial score (nSPS) is 18.4. The van der Waals surface area contributed by atoms with Crippen molar-refractivity contribution in [1.82, 2.24) is 21.3 Å². The maximum absolute atomic E-state index is 14.0. The zero-order chi connectivity index (χ0) is 45.1. The van der Waals surface area contributed by atoms with Crippen LogP contribution in [0.25, 0.3) is 0 Å². The van der Waals surface area contributed by atoms with Crippen LogP contribution in [0.5, 0.6) is 0 Å². The molecule has 330 valence electrons. The van der Waals surface area contributed by atoms with Crippen LogP contribution in [-0.2, 0) is 64.2 Å². The molecular weight excluding hydrogens is 789 g/mol. The van der Waals surface area contributed by atoms with Gasteiger partial charge in [0.2, 0.25) is 17.7 Å². The van der Waals surface area contributed by atoms with Gasteiger partial charge in [-0.15, -0.1) is 0 Å². The highest BCUT2D eigenvalue weighted by Crippen LogP contribution is 2.46. The van der Waals surface area contributed by atoms with Gasteiger partial charge in [0, 0.05) is 18.1 Å². The average molecular weight is 851 g/mol. The number of carbonyl (C=O) groups excluding carboxylic acids is 7. The van der Waals surface area contributed by atoms with Crippen LogP contribution in [0.15, 0.2) is 41.8 Å². The van der Waals surface area contributed by atoms with E-state index in [1.165, 1.54) is 6.08 Å². The minimum absolute atomic E-state index is 0.0207. The number of benzene rings is 1. The van der Waals surface area contributed by atoms with E-state index < -0.39 is 110 Å². The fraction of sp³-hybridized carbons (Fsp3) is 0.634. The maximum Gasteiger partial charge on any atom is 0.408 e. The first-order valence-corrected chi connectivity index (χ1v) is 21.3. The summed E-state index contributed by atoms with van der Waals surface area (Å²) in [5.41, 5.74) is -3.48. The van der Waals surface area contributed by atoms with E-state index in [1.807, 2.05) is 0 Å². The molecule has 1 aliphatic rings. The summed E-state index contributed by atoms with van der Waals surface area (Å²) in [5.74, 6) is -6.44. The lowest BCUT2D eigenvalue weighted by molar-refractivity contribution is -0.158. The van der Waals surface area contributed by atoms with Gasteiger partial charge < -0.3 is 40.2 Å². The molecule has 0 radical (unpaired) electrons. The third-order valence-corrected chi connectivity index (χ3v) is 8.84. The number of carbonyl (C=O) groups is 7. The third-order valence-electron chi connectivity index (χ3n) is 8.21. The molecule has 0 heterocycles. The first-order valence-electron chi connectivity index (χ1n) is 19.3. The zero-order valence-electron chi connectivity index (χ0n) is 36.2. The van der Waals surface area contributed by atoms with Crippen molar-refractivity contribution >= 4 is 51.6 Å². The topological polar surface area (TPSA) is 239 Å². The summed E-state index contributed by atoms with van der Waals surface area (Å²) in [6, 6.07) is 4.24. The zero-order valence-corrected chi connectivity index (χ0v) is 37.0. The molecule has 17 nitrogen and oxygen atoms in total. The van der Waals surface area contributed by atoms with E-state index in [9.17, 15) is 42.0 Å². The molecule has 0 aromatic heterocycles. The molecule has 4 amide bonds. The third kappa shape index (κ3) is 19.1. The predicted molar refractivity (Wildman–Crippen MR) is 217 cm³/mol. The molecule has 2 unspecified atom stereocenters. The molecule has 1 aromatic carbocycles. The lowest BCUT2D eigenvalue weighted by Gasteiger charge is -2.28. The highest BCUT2D eigenvalue weighted by Gasteiger charge is 2.60. The molecule has 18 heteroatoms.